The van der Waals surface area contributed by atoms with Crippen LogP contribution in [-0.4, -0.2) is 37.3 Å². The Morgan fingerprint density at radius 3 is 2.74 bits per heavy atom. The molecule has 0 amide bonds. The zero-order chi connectivity index (χ0) is 13.0. The van der Waals surface area contributed by atoms with Crippen LogP contribution in [0.3, 0.4) is 0 Å². The van der Waals surface area contributed by atoms with Crippen molar-refractivity contribution < 1.29 is 0 Å². The van der Waals surface area contributed by atoms with Crippen LogP contribution in [0, 0.1) is 0 Å². The lowest BCUT2D eigenvalue weighted by molar-refractivity contribution is 0.468. The molecule has 2 saturated heterocycles. The first-order valence-corrected chi connectivity index (χ1v) is 7.03. The van der Waals surface area contributed by atoms with Crippen molar-refractivity contribution in [2.45, 2.75) is 43.1 Å². The predicted octanol–water partition coefficient (Wildman–Crippen LogP) is 1.16. The molecule has 2 bridgehead atoms. The number of anilines is 1. The van der Waals surface area contributed by atoms with Crippen molar-refractivity contribution in [3.63, 3.8) is 0 Å². The molecular formula is C12H14ClN5O. The molecule has 2 aromatic heterocycles. The SMILES string of the molecule is O=c1[nH]nc2ccc(N3C4CCC3CC(Cl)C4)nn12. The summed E-state index contributed by atoms with van der Waals surface area (Å²) in [5.74, 6) is 0.854. The number of halogens is 1. The summed E-state index contributed by atoms with van der Waals surface area (Å²) in [7, 11) is 0. The number of fused-ring (bicyclic) bond motifs is 3. The molecule has 19 heavy (non-hydrogen) atoms. The Bertz CT molecular complexity index is 666. The first-order valence-electron chi connectivity index (χ1n) is 6.59. The van der Waals surface area contributed by atoms with E-state index < -0.39 is 0 Å². The van der Waals surface area contributed by atoms with Gasteiger partial charge in [0.25, 0.3) is 0 Å². The van der Waals surface area contributed by atoms with Crippen LogP contribution in [0.15, 0.2) is 16.9 Å². The smallest absolute Gasteiger partial charge is 0.349 e. The molecule has 2 fully saturated rings. The Morgan fingerprint density at radius 1 is 1.26 bits per heavy atom. The summed E-state index contributed by atoms with van der Waals surface area (Å²) in [5.41, 5.74) is 0.254. The lowest BCUT2D eigenvalue weighted by Crippen LogP contribution is -2.44. The van der Waals surface area contributed by atoms with Gasteiger partial charge in [-0.25, -0.2) is 9.89 Å². The second kappa shape index (κ2) is 3.96. The van der Waals surface area contributed by atoms with Gasteiger partial charge in [-0.3, -0.25) is 0 Å². The number of rotatable bonds is 1. The lowest BCUT2D eigenvalue weighted by atomic mass is 10.0. The summed E-state index contributed by atoms with van der Waals surface area (Å²) in [4.78, 5) is 13.9. The molecule has 4 rings (SSSR count). The van der Waals surface area contributed by atoms with E-state index in [0.29, 0.717) is 17.7 Å². The second-order valence-electron chi connectivity index (χ2n) is 5.35. The van der Waals surface area contributed by atoms with Crippen molar-refractivity contribution in [2.24, 2.45) is 0 Å². The molecule has 100 valence electrons. The van der Waals surface area contributed by atoms with Crippen LogP contribution in [0.4, 0.5) is 5.82 Å². The van der Waals surface area contributed by atoms with Gasteiger partial charge in [-0.1, -0.05) is 0 Å². The predicted molar refractivity (Wildman–Crippen MR) is 71.8 cm³/mol. The summed E-state index contributed by atoms with van der Waals surface area (Å²) in [6, 6.07) is 4.67. The summed E-state index contributed by atoms with van der Waals surface area (Å²) in [6.07, 6.45) is 4.32. The summed E-state index contributed by atoms with van der Waals surface area (Å²) < 4.78 is 1.32. The highest BCUT2D eigenvalue weighted by molar-refractivity contribution is 6.20. The van der Waals surface area contributed by atoms with Gasteiger partial charge >= 0.3 is 5.69 Å². The zero-order valence-corrected chi connectivity index (χ0v) is 11.0. The highest BCUT2D eigenvalue weighted by atomic mass is 35.5. The summed E-state index contributed by atoms with van der Waals surface area (Å²) in [5, 5.41) is 11.0. The maximum absolute atomic E-state index is 11.6. The number of hydrogen-bond acceptors (Lipinski definition) is 4. The fraction of sp³-hybridized carbons (Fsp3) is 0.583. The molecule has 0 aromatic carbocycles. The van der Waals surface area contributed by atoms with E-state index >= 15 is 0 Å². The number of hydrogen-bond donors (Lipinski definition) is 1. The average Bonchev–Trinajstić information content (AvgIpc) is 2.89. The van der Waals surface area contributed by atoms with E-state index in [1.54, 1.807) is 0 Å². The minimum Gasteiger partial charge on any atom is -0.349 e. The molecule has 0 spiro atoms. The van der Waals surface area contributed by atoms with Crippen molar-refractivity contribution in [3.8, 4) is 0 Å². The third kappa shape index (κ3) is 1.66. The van der Waals surface area contributed by atoms with Gasteiger partial charge in [0.15, 0.2) is 5.65 Å². The number of alkyl halides is 1. The van der Waals surface area contributed by atoms with Gasteiger partial charge in [-0.15, -0.1) is 16.7 Å². The highest BCUT2D eigenvalue weighted by Crippen LogP contribution is 2.39. The number of H-pyrrole nitrogens is 1. The first-order chi connectivity index (χ1) is 9.22. The molecule has 1 N–H and O–H groups in total. The monoisotopic (exact) mass is 279 g/mol. The average molecular weight is 280 g/mol. The van der Waals surface area contributed by atoms with E-state index in [1.807, 2.05) is 12.1 Å². The Hall–Kier alpha value is -1.56. The molecule has 6 nitrogen and oxygen atoms in total. The Labute approximate surface area is 114 Å². The Kier molecular flexibility index (Phi) is 2.35. The molecule has 2 aliphatic rings. The topological polar surface area (TPSA) is 66.3 Å². The molecule has 2 aromatic rings. The summed E-state index contributed by atoms with van der Waals surface area (Å²) in [6.45, 7) is 0. The van der Waals surface area contributed by atoms with Crippen LogP contribution < -0.4 is 10.6 Å². The third-order valence-electron chi connectivity index (χ3n) is 4.20. The van der Waals surface area contributed by atoms with E-state index in [1.165, 1.54) is 4.52 Å². The molecule has 2 aliphatic heterocycles. The van der Waals surface area contributed by atoms with Gasteiger partial charge in [0.05, 0.1) is 0 Å². The van der Waals surface area contributed by atoms with Crippen molar-refractivity contribution in [1.29, 1.82) is 0 Å². The normalized spacial score (nSPS) is 30.2. The fourth-order valence-corrected chi connectivity index (χ4v) is 3.83. The number of aromatic nitrogens is 4. The third-order valence-corrected chi connectivity index (χ3v) is 4.56. The van der Waals surface area contributed by atoms with Gasteiger partial charge in [0.2, 0.25) is 0 Å². The van der Waals surface area contributed by atoms with Crippen LogP contribution in [0.5, 0.6) is 0 Å². The minimum atomic E-state index is -0.295. The van der Waals surface area contributed by atoms with Crippen LogP contribution in [0.2, 0.25) is 0 Å². The van der Waals surface area contributed by atoms with E-state index in [2.05, 4.69) is 20.2 Å². The van der Waals surface area contributed by atoms with Gasteiger partial charge in [-0.2, -0.15) is 9.61 Å². The fourth-order valence-electron chi connectivity index (χ4n) is 3.42. The van der Waals surface area contributed by atoms with Crippen molar-refractivity contribution in [2.75, 3.05) is 4.90 Å². The molecule has 0 radical (unpaired) electrons. The van der Waals surface area contributed by atoms with E-state index in [9.17, 15) is 4.79 Å². The molecule has 0 saturated carbocycles. The first kappa shape index (κ1) is 11.3. The van der Waals surface area contributed by atoms with E-state index in [4.69, 9.17) is 11.6 Å². The van der Waals surface area contributed by atoms with Gasteiger partial charge in [0, 0.05) is 17.5 Å². The number of aromatic amines is 1. The number of nitrogens with one attached hydrogen (secondary N) is 1. The molecule has 4 heterocycles. The van der Waals surface area contributed by atoms with Crippen molar-refractivity contribution >= 4 is 23.1 Å². The van der Waals surface area contributed by atoms with E-state index in [0.717, 1.165) is 31.5 Å². The number of nitrogens with zero attached hydrogens (tertiary/aromatic N) is 4. The largest absolute Gasteiger partial charge is 0.364 e. The Balaban J connectivity index is 1.78. The highest BCUT2D eigenvalue weighted by Gasteiger charge is 2.40. The van der Waals surface area contributed by atoms with Gasteiger partial charge in [0.1, 0.15) is 5.82 Å². The number of piperidine rings is 1. The molecule has 2 unspecified atom stereocenters. The lowest BCUT2D eigenvalue weighted by Gasteiger charge is -2.37. The van der Waals surface area contributed by atoms with Gasteiger partial charge in [-0.05, 0) is 37.8 Å². The van der Waals surface area contributed by atoms with Crippen LogP contribution in [-0.2, 0) is 0 Å². The molecule has 7 heteroatoms. The standard InChI is InChI=1S/C12H14ClN5O/c13-7-5-8-1-2-9(6-7)17(8)11-4-3-10-14-15-12(19)18(10)16-11/h3-4,7-9H,1-2,5-6H2,(H,15,19). The maximum Gasteiger partial charge on any atom is 0.364 e. The van der Waals surface area contributed by atoms with E-state index in [-0.39, 0.29) is 11.1 Å². The van der Waals surface area contributed by atoms with Crippen molar-refractivity contribution in [1.82, 2.24) is 19.8 Å². The van der Waals surface area contributed by atoms with Crippen LogP contribution >= 0.6 is 11.6 Å². The zero-order valence-electron chi connectivity index (χ0n) is 10.3. The molecule has 2 atom stereocenters. The molecular weight excluding hydrogens is 266 g/mol. The van der Waals surface area contributed by atoms with Crippen LogP contribution in [0.1, 0.15) is 25.7 Å². The second-order valence-corrected chi connectivity index (χ2v) is 5.97. The van der Waals surface area contributed by atoms with Gasteiger partial charge < -0.3 is 4.90 Å². The summed E-state index contributed by atoms with van der Waals surface area (Å²) >= 11 is 6.28. The van der Waals surface area contributed by atoms with Crippen LogP contribution in [0.25, 0.3) is 5.65 Å². The quantitative estimate of drug-likeness (QED) is 0.796. The maximum atomic E-state index is 11.6. The van der Waals surface area contributed by atoms with Crippen molar-refractivity contribution in [3.05, 3.63) is 22.6 Å². The minimum absolute atomic E-state index is 0.272. The molecule has 0 aliphatic carbocycles. The Morgan fingerprint density at radius 2 is 2.00 bits per heavy atom.